The number of nitrogens with zero attached hydrogens (tertiary/aromatic N) is 6. The molecule has 3 aromatic carbocycles. The van der Waals surface area contributed by atoms with Crippen LogP contribution in [0.4, 0.5) is 11.9 Å². The van der Waals surface area contributed by atoms with Gasteiger partial charge in [0.2, 0.25) is 11.9 Å². The van der Waals surface area contributed by atoms with E-state index in [1.807, 2.05) is 54.6 Å². The largest absolute Gasteiger partial charge is 0.354 e. The highest BCUT2D eigenvalue weighted by Crippen LogP contribution is 2.36. The van der Waals surface area contributed by atoms with Gasteiger partial charge < -0.3 is 20.4 Å². The maximum Gasteiger partial charge on any atom is 0.227 e. The van der Waals surface area contributed by atoms with Gasteiger partial charge >= 0.3 is 0 Å². The number of Topliss-reactive ketones (excluding diaryl/α,β-unsaturated/α-hetero) is 2. The lowest BCUT2D eigenvalue weighted by Crippen LogP contribution is -2.19. The van der Waals surface area contributed by atoms with E-state index >= 15 is 0 Å². The van der Waals surface area contributed by atoms with Crippen molar-refractivity contribution in [2.75, 3.05) is 65.0 Å². The second kappa shape index (κ2) is 16.3. The van der Waals surface area contributed by atoms with Crippen LogP contribution in [0.2, 0.25) is 0 Å². The third-order valence-corrected chi connectivity index (χ3v) is 8.91. The van der Waals surface area contributed by atoms with Crippen LogP contribution in [0.15, 0.2) is 78.9 Å². The molecule has 51 heavy (non-hydrogen) atoms. The van der Waals surface area contributed by atoms with E-state index in [2.05, 4.69) is 58.6 Å². The number of para-hydroxylation sites is 1. The minimum Gasteiger partial charge on any atom is -0.354 e. The SMILES string of the molecule is CN(C)CCCNc1nc(Cc2ccc(C(ON)c3ccc4c(c3)C(=O)C(c3ccc5ccccc5n3)C4=O)cc2)nc(NCCCN(C)C)n1. The van der Waals surface area contributed by atoms with Gasteiger partial charge in [0, 0.05) is 36.0 Å². The van der Waals surface area contributed by atoms with Gasteiger partial charge in [0.25, 0.3) is 0 Å². The maximum atomic E-state index is 13.6. The molecule has 0 aliphatic heterocycles. The van der Waals surface area contributed by atoms with Gasteiger partial charge in [-0.1, -0.05) is 60.7 Å². The number of ketones is 2. The molecule has 0 fully saturated rings. The highest BCUT2D eigenvalue weighted by atomic mass is 16.6. The molecule has 6 rings (SSSR count). The number of hydrogen-bond acceptors (Lipinski definition) is 12. The number of benzene rings is 3. The first-order valence-electron chi connectivity index (χ1n) is 17.2. The van der Waals surface area contributed by atoms with Gasteiger partial charge in [-0.15, -0.1) is 0 Å². The molecule has 2 aromatic heterocycles. The van der Waals surface area contributed by atoms with Crippen LogP contribution in [0.25, 0.3) is 10.9 Å². The zero-order chi connectivity index (χ0) is 35.9. The summed E-state index contributed by atoms with van der Waals surface area (Å²) in [5.41, 5.74) is 4.38. The summed E-state index contributed by atoms with van der Waals surface area (Å²) in [6, 6.07) is 24.3. The van der Waals surface area contributed by atoms with E-state index in [-0.39, 0.29) is 11.6 Å². The molecule has 0 saturated heterocycles. The third kappa shape index (κ3) is 8.61. The van der Waals surface area contributed by atoms with Crippen LogP contribution in [0.5, 0.6) is 0 Å². The van der Waals surface area contributed by atoms with Crippen molar-refractivity contribution >= 4 is 34.4 Å². The predicted octanol–water partition coefficient (Wildman–Crippen LogP) is 4.88. The summed E-state index contributed by atoms with van der Waals surface area (Å²) < 4.78 is 0. The van der Waals surface area contributed by atoms with Crippen molar-refractivity contribution < 1.29 is 14.4 Å². The molecular formula is C39H45N9O3. The van der Waals surface area contributed by atoms with Crippen molar-refractivity contribution in [3.05, 3.63) is 118 Å². The van der Waals surface area contributed by atoms with Crippen LogP contribution in [0.1, 0.15) is 73.8 Å². The van der Waals surface area contributed by atoms with E-state index in [1.165, 1.54) is 0 Å². The Balaban J connectivity index is 1.17. The molecule has 4 N–H and O–H groups in total. The van der Waals surface area contributed by atoms with Crippen molar-refractivity contribution in [2.24, 2.45) is 5.90 Å². The van der Waals surface area contributed by atoms with E-state index in [4.69, 9.17) is 20.7 Å². The first kappa shape index (κ1) is 35.7. The molecule has 0 spiro atoms. The smallest absolute Gasteiger partial charge is 0.227 e. The molecule has 2 unspecified atom stereocenters. The summed E-state index contributed by atoms with van der Waals surface area (Å²) >= 11 is 0. The molecule has 2 heterocycles. The number of pyridine rings is 1. The molecule has 0 bridgehead atoms. The molecule has 264 valence electrons. The zero-order valence-corrected chi connectivity index (χ0v) is 29.6. The zero-order valence-electron chi connectivity index (χ0n) is 29.6. The first-order chi connectivity index (χ1) is 24.7. The van der Waals surface area contributed by atoms with Crippen molar-refractivity contribution in [3.8, 4) is 0 Å². The fourth-order valence-corrected chi connectivity index (χ4v) is 6.28. The lowest BCUT2D eigenvalue weighted by molar-refractivity contribution is 0.0812. The Hall–Kier alpha value is -5.14. The summed E-state index contributed by atoms with van der Waals surface area (Å²) in [6.07, 6.45) is 1.76. The number of carbonyl (C=O) groups is 2. The number of carbonyl (C=O) groups excluding carboxylic acids is 2. The molecule has 0 amide bonds. The lowest BCUT2D eigenvalue weighted by Gasteiger charge is -2.17. The topological polar surface area (TPSA) is 151 Å². The summed E-state index contributed by atoms with van der Waals surface area (Å²) in [4.78, 5) is 55.5. The minimum absolute atomic E-state index is 0.254. The van der Waals surface area contributed by atoms with Crippen molar-refractivity contribution in [2.45, 2.75) is 31.3 Å². The van der Waals surface area contributed by atoms with Crippen LogP contribution in [0, 0.1) is 0 Å². The molecular weight excluding hydrogens is 642 g/mol. The number of nitrogens with two attached hydrogens (primary N) is 1. The van der Waals surface area contributed by atoms with Gasteiger partial charge in [-0.05, 0) is 89.0 Å². The minimum atomic E-state index is -0.977. The van der Waals surface area contributed by atoms with E-state index in [1.54, 1.807) is 24.3 Å². The Morgan fingerprint density at radius 1 is 0.725 bits per heavy atom. The number of rotatable bonds is 16. The second-order valence-electron chi connectivity index (χ2n) is 13.4. The Labute approximate surface area is 298 Å². The highest BCUT2D eigenvalue weighted by Gasteiger charge is 2.41. The summed E-state index contributed by atoms with van der Waals surface area (Å²) in [6.45, 7) is 3.42. The fourth-order valence-electron chi connectivity index (χ4n) is 6.28. The Kier molecular flexibility index (Phi) is 11.4. The van der Waals surface area contributed by atoms with Crippen molar-refractivity contribution in [1.82, 2.24) is 29.7 Å². The molecule has 5 aromatic rings. The average molecular weight is 688 g/mol. The second-order valence-corrected chi connectivity index (χ2v) is 13.4. The normalized spacial score (nSPS) is 14.8. The monoisotopic (exact) mass is 687 g/mol. The molecule has 1 aliphatic rings. The van der Waals surface area contributed by atoms with Gasteiger partial charge in [-0.2, -0.15) is 15.0 Å². The van der Waals surface area contributed by atoms with Gasteiger partial charge in [-0.3, -0.25) is 19.4 Å². The van der Waals surface area contributed by atoms with Gasteiger partial charge in [0.05, 0.1) is 11.2 Å². The summed E-state index contributed by atoms with van der Waals surface area (Å²) in [5, 5.41) is 7.65. The van der Waals surface area contributed by atoms with Crippen molar-refractivity contribution in [3.63, 3.8) is 0 Å². The molecule has 0 saturated carbocycles. The van der Waals surface area contributed by atoms with Gasteiger partial charge in [0.1, 0.15) is 17.8 Å². The Bertz CT molecular complexity index is 1960. The lowest BCUT2D eigenvalue weighted by atomic mass is 9.96. The van der Waals surface area contributed by atoms with E-state index in [0.29, 0.717) is 46.5 Å². The number of aromatic nitrogens is 4. The number of nitrogens with one attached hydrogen (secondary N) is 2. The van der Waals surface area contributed by atoms with E-state index in [0.717, 1.165) is 61.1 Å². The Morgan fingerprint density at radius 3 is 2.00 bits per heavy atom. The summed E-state index contributed by atoms with van der Waals surface area (Å²) in [5.74, 6) is 6.07. The van der Waals surface area contributed by atoms with Crippen LogP contribution in [-0.4, -0.2) is 95.7 Å². The van der Waals surface area contributed by atoms with E-state index in [9.17, 15) is 9.59 Å². The summed E-state index contributed by atoms with van der Waals surface area (Å²) in [7, 11) is 8.22. The van der Waals surface area contributed by atoms with E-state index < -0.39 is 12.0 Å². The number of hydrogen-bond donors (Lipinski definition) is 3. The van der Waals surface area contributed by atoms with Crippen LogP contribution < -0.4 is 16.5 Å². The Morgan fingerprint density at radius 2 is 1.35 bits per heavy atom. The molecule has 12 nitrogen and oxygen atoms in total. The number of anilines is 2. The fraction of sp³-hybridized carbons (Fsp3) is 0.333. The van der Waals surface area contributed by atoms with Crippen LogP contribution in [0.3, 0.4) is 0 Å². The van der Waals surface area contributed by atoms with Crippen LogP contribution in [-0.2, 0) is 11.3 Å². The molecule has 12 heteroatoms. The van der Waals surface area contributed by atoms with Gasteiger partial charge in [-0.25, -0.2) is 5.90 Å². The molecule has 2 atom stereocenters. The molecule has 0 radical (unpaired) electrons. The van der Waals surface area contributed by atoms with Crippen molar-refractivity contribution in [1.29, 1.82) is 0 Å². The average Bonchev–Trinajstić information content (AvgIpc) is 3.37. The van der Waals surface area contributed by atoms with Gasteiger partial charge in [0.15, 0.2) is 11.6 Å². The molecule has 1 aliphatic carbocycles. The first-order valence-corrected chi connectivity index (χ1v) is 17.2. The highest BCUT2D eigenvalue weighted by molar-refractivity contribution is 6.29. The number of fused-ring (bicyclic) bond motifs is 2. The quantitative estimate of drug-likeness (QED) is 0.0737. The predicted molar refractivity (Wildman–Crippen MR) is 199 cm³/mol. The van der Waals surface area contributed by atoms with Crippen LogP contribution >= 0.6 is 0 Å². The maximum absolute atomic E-state index is 13.6. The third-order valence-electron chi connectivity index (χ3n) is 8.91. The standard InChI is InChI=1S/C39H45N9O3/c1-47(2)21-7-19-41-38-44-33(45-39(46-38)42-20-8-22-48(3)4)23-25-11-13-27(14-12-25)37(51-40)28-15-17-29-30(24-28)36(50)34(35(29)49)32-18-16-26-9-5-6-10-31(26)43-32/h5-6,9-18,24,34,37H,7-8,19-23,40H2,1-4H3,(H2,41,42,44,45,46).